The van der Waals surface area contributed by atoms with Crippen LogP contribution in [0.4, 0.5) is 0 Å². The van der Waals surface area contributed by atoms with Gasteiger partial charge in [-0.05, 0) is 25.3 Å². The fourth-order valence-electron chi connectivity index (χ4n) is 3.55. The van der Waals surface area contributed by atoms with Crippen molar-refractivity contribution in [3.05, 3.63) is 0 Å². The molecule has 1 saturated heterocycles. The highest BCUT2D eigenvalue weighted by atomic mass is 16.1. The quantitative estimate of drug-likeness (QED) is 0.554. The van der Waals surface area contributed by atoms with Crippen LogP contribution in [0.15, 0.2) is 0 Å². The van der Waals surface area contributed by atoms with E-state index in [1.54, 1.807) is 0 Å². The van der Waals surface area contributed by atoms with Gasteiger partial charge in [-0.25, -0.2) is 0 Å². The van der Waals surface area contributed by atoms with Gasteiger partial charge in [-0.1, -0.05) is 53.4 Å². The van der Waals surface area contributed by atoms with Crippen molar-refractivity contribution in [2.45, 2.75) is 66.2 Å². The Labute approximate surface area is 150 Å². The lowest BCUT2D eigenvalue weighted by Gasteiger charge is -2.35. The average molecular weight is 340 g/mol. The van der Waals surface area contributed by atoms with Gasteiger partial charge in [0.15, 0.2) is 0 Å². The molecule has 1 aliphatic rings. The summed E-state index contributed by atoms with van der Waals surface area (Å²) in [7, 11) is 0. The number of piperazine rings is 1. The molecular weight excluding hydrogens is 298 g/mol. The molecule has 24 heavy (non-hydrogen) atoms. The molecule has 2 atom stereocenters. The van der Waals surface area contributed by atoms with E-state index in [4.69, 9.17) is 0 Å². The Morgan fingerprint density at radius 3 is 2.25 bits per heavy atom. The van der Waals surface area contributed by atoms with Gasteiger partial charge in [0.1, 0.15) is 0 Å². The smallest absolute Gasteiger partial charge is 0.223 e. The van der Waals surface area contributed by atoms with Crippen LogP contribution in [-0.4, -0.2) is 61.5 Å². The molecule has 0 bridgehead atoms. The summed E-state index contributed by atoms with van der Waals surface area (Å²) in [5, 5.41) is 3.21. The van der Waals surface area contributed by atoms with E-state index in [1.807, 2.05) is 0 Å². The van der Waals surface area contributed by atoms with Crippen molar-refractivity contribution in [3.8, 4) is 0 Å². The molecule has 142 valence electrons. The van der Waals surface area contributed by atoms with Crippen LogP contribution in [0.25, 0.3) is 0 Å². The van der Waals surface area contributed by atoms with Crippen molar-refractivity contribution >= 4 is 5.91 Å². The van der Waals surface area contributed by atoms with Crippen LogP contribution in [0.1, 0.15) is 66.2 Å². The van der Waals surface area contributed by atoms with Crippen LogP contribution in [-0.2, 0) is 4.79 Å². The van der Waals surface area contributed by atoms with Crippen LogP contribution >= 0.6 is 0 Å². The first-order chi connectivity index (χ1) is 11.6. The van der Waals surface area contributed by atoms with Crippen LogP contribution in [0.2, 0.25) is 0 Å². The predicted molar refractivity (Wildman–Crippen MR) is 103 cm³/mol. The molecule has 0 aromatic rings. The first kappa shape index (κ1) is 21.4. The lowest BCUT2D eigenvalue weighted by Crippen LogP contribution is -2.48. The number of unbranched alkanes of at least 4 members (excludes halogenated alkanes) is 3. The van der Waals surface area contributed by atoms with Crippen molar-refractivity contribution in [2.75, 3.05) is 45.8 Å². The van der Waals surface area contributed by atoms with E-state index in [1.165, 1.54) is 51.9 Å². The number of nitrogens with one attached hydrogen (secondary N) is 1. The minimum absolute atomic E-state index is 0.210. The molecule has 1 N–H and O–H groups in total. The van der Waals surface area contributed by atoms with Gasteiger partial charge in [0.2, 0.25) is 5.91 Å². The molecule has 1 aliphatic heterocycles. The summed E-state index contributed by atoms with van der Waals surface area (Å²) in [6.07, 6.45) is 7.02. The molecule has 0 aliphatic carbocycles. The number of hydrogen-bond acceptors (Lipinski definition) is 3. The summed E-state index contributed by atoms with van der Waals surface area (Å²) in [4.78, 5) is 17.4. The van der Waals surface area contributed by atoms with Gasteiger partial charge in [-0.15, -0.1) is 0 Å². The van der Waals surface area contributed by atoms with Gasteiger partial charge < -0.3 is 15.1 Å². The second kappa shape index (κ2) is 12.7. The fourth-order valence-corrected chi connectivity index (χ4v) is 3.55. The molecule has 0 aromatic carbocycles. The highest BCUT2D eigenvalue weighted by Crippen LogP contribution is 2.14. The van der Waals surface area contributed by atoms with Gasteiger partial charge >= 0.3 is 0 Å². The Hall–Kier alpha value is -0.610. The Balaban J connectivity index is 2.19. The van der Waals surface area contributed by atoms with E-state index in [-0.39, 0.29) is 11.8 Å². The van der Waals surface area contributed by atoms with E-state index in [0.717, 1.165) is 32.5 Å². The third-order valence-corrected chi connectivity index (χ3v) is 5.38. The molecule has 1 fully saturated rings. The molecule has 0 radical (unpaired) electrons. The van der Waals surface area contributed by atoms with E-state index in [2.05, 4.69) is 42.8 Å². The van der Waals surface area contributed by atoms with Gasteiger partial charge in [-0.3, -0.25) is 4.79 Å². The normalized spacial score (nSPS) is 19.2. The average Bonchev–Trinajstić information content (AvgIpc) is 2.60. The number of carbonyl (C=O) groups excluding carboxylic acids is 1. The van der Waals surface area contributed by atoms with Crippen molar-refractivity contribution in [3.63, 3.8) is 0 Å². The van der Waals surface area contributed by atoms with Crippen LogP contribution in [0, 0.1) is 11.8 Å². The Bertz CT molecular complexity index is 327. The van der Waals surface area contributed by atoms with Crippen molar-refractivity contribution in [2.24, 2.45) is 11.8 Å². The summed E-state index contributed by atoms with van der Waals surface area (Å²) in [6, 6.07) is 0. The maximum absolute atomic E-state index is 12.4. The minimum Gasteiger partial charge on any atom is -0.356 e. The molecule has 0 aromatic heterocycles. The zero-order valence-corrected chi connectivity index (χ0v) is 16.6. The Kier molecular flexibility index (Phi) is 11.4. The number of rotatable bonds is 12. The van der Waals surface area contributed by atoms with E-state index < -0.39 is 0 Å². The summed E-state index contributed by atoms with van der Waals surface area (Å²) >= 11 is 0. The summed E-state index contributed by atoms with van der Waals surface area (Å²) in [5.41, 5.74) is 0. The molecule has 0 spiro atoms. The zero-order valence-electron chi connectivity index (χ0n) is 16.6. The standard InChI is InChI=1S/C20H41N3O/c1-5-8-9-10-11-19(6-2)20(24)21-16-18(4)17-23-14-12-22(7-3)13-15-23/h18-19H,5-17H2,1-4H3,(H,21,24). The second-order valence-electron chi connectivity index (χ2n) is 7.54. The SMILES string of the molecule is CCCCCCC(CC)C(=O)NCC(C)CN1CCN(CC)CC1. The van der Waals surface area contributed by atoms with Crippen molar-refractivity contribution in [1.82, 2.24) is 15.1 Å². The topological polar surface area (TPSA) is 35.6 Å². The van der Waals surface area contributed by atoms with Crippen molar-refractivity contribution < 1.29 is 4.79 Å². The third-order valence-electron chi connectivity index (χ3n) is 5.38. The molecule has 4 nitrogen and oxygen atoms in total. The lowest BCUT2D eigenvalue weighted by molar-refractivity contribution is -0.125. The van der Waals surface area contributed by atoms with Crippen LogP contribution in [0.3, 0.4) is 0 Å². The first-order valence-corrected chi connectivity index (χ1v) is 10.3. The number of amides is 1. The highest BCUT2D eigenvalue weighted by Gasteiger charge is 2.19. The minimum atomic E-state index is 0.210. The molecule has 1 heterocycles. The largest absolute Gasteiger partial charge is 0.356 e. The van der Waals surface area contributed by atoms with Gasteiger partial charge in [0.05, 0.1) is 0 Å². The van der Waals surface area contributed by atoms with E-state index in [9.17, 15) is 4.79 Å². The Morgan fingerprint density at radius 2 is 1.67 bits per heavy atom. The molecule has 1 rings (SSSR count). The summed E-state index contributed by atoms with van der Waals surface area (Å²) in [5.74, 6) is 1.01. The van der Waals surface area contributed by atoms with Gasteiger partial charge in [0.25, 0.3) is 0 Å². The number of nitrogens with zero attached hydrogens (tertiary/aromatic N) is 2. The third kappa shape index (κ3) is 8.48. The molecular formula is C20H41N3O. The number of likely N-dealkylation sites (N-methyl/N-ethyl adjacent to an activating group) is 1. The number of hydrogen-bond donors (Lipinski definition) is 1. The molecule has 2 unspecified atom stereocenters. The van der Waals surface area contributed by atoms with E-state index >= 15 is 0 Å². The maximum atomic E-state index is 12.4. The highest BCUT2D eigenvalue weighted by molar-refractivity contribution is 5.78. The maximum Gasteiger partial charge on any atom is 0.223 e. The van der Waals surface area contributed by atoms with E-state index in [0.29, 0.717) is 5.92 Å². The predicted octanol–water partition coefficient (Wildman–Crippen LogP) is 3.37. The first-order valence-electron chi connectivity index (χ1n) is 10.3. The summed E-state index contributed by atoms with van der Waals surface area (Å²) in [6.45, 7) is 16.7. The second-order valence-corrected chi connectivity index (χ2v) is 7.54. The lowest BCUT2D eigenvalue weighted by atomic mass is 9.97. The fraction of sp³-hybridized carbons (Fsp3) is 0.950. The molecule has 4 heteroatoms. The molecule has 0 saturated carbocycles. The zero-order chi connectivity index (χ0) is 17.8. The van der Waals surface area contributed by atoms with Gasteiger partial charge in [0, 0.05) is 45.2 Å². The van der Waals surface area contributed by atoms with Crippen LogP contribution in [0.5, 0.6) is 0 Å². The van der Waals surface area contributed by atoms with Crippen molar-refractivity contribution in [1.29, 1.82) is 0 Å². The molecule has 1 amide bonds. The summed E-state index contributed by atoms with van der Waals surface area (Å²) < 4.78 is 0. The number of carbonyl (C=O) groups is 1. The van der Waals surface area contributed by atoms with Crippen LogP contribution < -0.4 is 5.32 Å². The Morgan fingerprint density at radius 1 is 1.00 bits per heavy atom. The van der Waals surface area contributed by atoms with Gasteiger partial charge in [-0.2, -0.15) is 0 Å². The monoisotopic (exact) mass is 339 g/mol.